The number of fused-ring (bicyclic) bond motifs is 1. The Morgan fingerprint density at radius 2 is 1.44 bits per heavy atom. The second-order valence-corrected chi connectivity index (χ2v) is 15.3. The van der Waals surface area contributed by atoms with Gasteiger partial charge in [0.2, 0.25) is 10.0 Å². The molecule has 1 aliphatic heterocycles. The topological polar surface area (TPSA) is 88.1 Å². The summed E-state index contributed by atoms with van der Waals surface area (Å²) < 4.78 is 41.8. The van der Waals surface area contributed by atoms with Crippen LogP contribution in [0.4, 0.5) is 0 Å². The molecule has 8 heteroatoms. The highest BCUT2D eigenvalue weighted by Crippen LogP contribution is 2.39. The molecule has 0 bridgehead atoms. The fourth-order valence-electron chi connectivity index (χ4n) is 6.82. The standard InChI is InChI=1S/C44H44N2O5S/c1-31(36-23-22-34-11-6-7-12-38(34)25-36)46(2)29-41-27-43(35-20-18-32(30-47)19-21-35)51-44(50-41)40-15-9-14-39(26-40)37-13-8-10-33(24-37)28-45-52(48,49)42-16-4-3-5-17-42/h3-26,31,41,43-45,47H,27-30H2,1-2H3. The van der Waals surface area contributed by atoms with Gasteiger partial charge >= 0.3 is 0 Å². The summed E-state index contributed by atoms with van der Waals surface area (Å²) in [4.78, 5) is 2.58. The number of likely N-dealkylation sites (N-methyl/N-ethyl adjacent to an activating group) is 1. The Kier molecular flexibility index (Phi) is 10.9. The average molecular weight is 713 g/mol. The zero-order chi connectivity index (χ0) is 36.1. The summed E-state index contributed by atoms with van der Waals surface area (Å²) >= 11 is 0. The number of rotatable bonds is 12. The van der Waals surface area contributed by atoms with E-state index in [9.17, 15) is 13.5 Å². The van der Waals surface area contributed by atoms with Crippen LogP contribution >= 0.6 is 0 Å². The molecule has 6 aromatic rings. The molecule has 2 N–H and O–H groups in total. The van der Waals surface area contributed by atoms with Gasteiger partial charge < -0.3 is 14.6 Å². The van der Waals surface area contributed by atoms with E-state index in [-0.39, 0.29) is 36.3 Å². The number of aliphatic hydroxyl groups is 1. The minimum atomic E-state index is -3.63. The van der Waals surface area contributed by atoms with Gasteiger partial charge in [-0.2, -0.15) is 0 Å². The lowest BCUT2D eigenvalue weighted by atomic mass is 9.98. The molecule has 4 unspecified atom stereocenters. The summed E-state index contributed by atoms with van der Waals surface area (Å²) in [7, 11) is -1.49. The molecule has 7 nitrogen and oxygen atoms in total. The number of aliphatic hydroxyl groups excluding tert-OH is 1. The van der Waals surface area contributed by atoms with Crippen LogP contribution in [0.25, 0.3) is 21.9 Å². The smallest absolute Gasteiger partial charge is 0.240 e. The SMILES string of the molecule is CC(c1ccc2ccccc2c1)N(C)CC1CC(c2ccc(CO)cc2)OC(c2cccc(-c3cccc(CNS(=O)(=O)c4ccccc4)c3)c2)O1. The van der Waals surface area contributed by atoms with Crippen LogP contribution in [0.15, 0.2) is 150 Å². The fraction of sp³-hybridized carbons (Fsp3) is 0.227. The Bertz CT molecular complexity index is 2230. The molecular weight excluding hydrogens is 669 g/mol. The molecule has 0 aromatic heterocycles. The third-order valence-electron chi connectivity index (χ3n) is 9.96. The molecule has 266 valence electrons. The van der Waals surface area contributed by atoms with Crippen LogP contribution in [-0.2, 0) is 32.6 Å². The maximum absolute atomic E-state index is 12.8. The molecule has 7 rings (SSSR count). The summed E-state index contributed by atoms with van der Waals surface area (Å²) in [5, 5.41) is 12.1. The first-order chi connectivity index (χ1) is 25.3. The van der Waals surface area contributed by atoms with Crippen molar-refractivity contribution in [3.8, 4) is 11.1 Å². The quantitative estimate of drug-likeness (QED) is 0.132. The van der Waals surface area contributed by atoms with Crippen molar-refractivity contribution in [1.82, 2.24) is 9.62 Å². The Hall–Kier alpha value is -4.67. The lowest BCUT2D eigenvalue weighted by molar-refractivity contribution is -0.253. The van der Waals surface area contributed by atoms with Crippen LogP contribution in [0, 0.1) is 0 Å². The predicted octanol–water partition coefficient (Wildman–Crippen LogP) is 8.72. The highest BCUT2D eigenvalue weighted by molar-refractivity contribution is 7.89. The van der Waals surface area contributed by atoms with E-state index in [1.54, 1.807) is 30.3 Å². The fourth-order valence-corrected chi connectivity index (χ4v) is 7.86. The van der Waals surface area contributed by atoms with E-state index >= 15 is 0 Å². The molecule has 0 amide bonds. The Labute approximate surface area is 306 Å². The lowest BCUT2D eigenvalue weighted by Crippen LogP contribution is -2.38. The zero-order valence-corrected chi connectivity index (χ0v) is 30.2. The Morgan fingerprint density at radius 3 is 2.21 bits per heavy atom. The van der Waals surface area contributed by atoms with Crippen molar-refractivity contribution in [3.05, 3.63) is 173 Å². The third-order valence-corrected chi connectivity index (χ3v) is 11.4. The van der Waals surface area contributed by atoms with Gasteiger partial charge in [0, 0.05) is 31.1 Å². The first-order valence-electron chi connectivity index (χ1n) is 17.7. The lowest BCUT2D eigenvalue weighted by Gasteiger charge is -2.39. The van der Waals surface area contributed by atoms with Gasteiger partial charge in [0.1, 0.15) is 0 Å². The Morgan fingerprint density at radius 1 is 0.731 bits per heavy atom. The minimum Gasteiger partial charge on any atom is -0.392 e. The summed E-state index contributed by atoms with van der Waals surface area (Å²) in [6.07, 6.45) is -0.236. The van der Waals surface area contributed by atoms with Crippen LogP contribution in [0.3, 0.4) is 0 Å². The van der Waals surface area contributed by atoms with Crippen molar-refractivity contribution in [2.24, 2.45) is 0 Å². The molecule has 0 aliphatic carbocycles. The summed E-state index contributed by atoms with van der Waals surface area (Å²) in [6.45, 7) is 3.10. The summed E-state index contributed by atoms with van der Waals surface area (Å²) in [5.41, 5.74) is 6.85. The first kappa shape index (κ1) is 35.7. The van der Waals surface area contributed by atoms with Gasteiger partial charge in [-0.3, -0.25) is 4.90 Å². The largest absolute Gasteiger partial charge is 0.392 e. The molecule has 0 saturated carbocycles. The number of sulfonamides is 1. The molecule has 6 aromatic carbocycles. The number of nitrogens with one attached hydrogen (secondary N) is 1. The minimum absolute atomic E-state index is 0.00941. The number of hydrogen-bond donors (Lipinski definition) is 2. The molecule has 1 heterocycles. The zero-order valence-electron chi connectivity index (χ0n) is 29.4. The normalized spacial score (nSPS) is 18.4. The molecule has 52 heavy (non-hydrogen) atoms. The van der Waals surface area contributed by atoms with Crippen molar-refractivity contribution < 1.29 is 23.0 Å². The molecule has 1 aliphatic rings. The van der Waals surface area contributed by atoms with Crippen molar-refractivity contribution in [1.29, 1.82) is 0 Å². The van der Waals surface area contributed by atoms with E-state index in [0.717, 1.165) is 33.4 Å². The van der Waals surface area contributed by atoms with Gasteiger partial charge in [-0.25, -0.2) is 13.1 Å². The highest BCUT2D eigenvalue weighted by atomic mass is 32.2. The van der Waals surface area contributed by atoms with Crippen LogP contribution in [0.1, 0.15) is 59.6 Å². The van der Waals surface area contributed by atoms with E-state index in [1.165, 1.54) is 16.3 Å². The van der Waals surface area contributed by atoms with Crippen LogP contribution in [-0.4, -0.2) is 38.1 Å². The van der Waals surface area contributed by atoms with Gasteiger partial charge in [-0.05, 0) is 88.5 Å². The second kappa shape index (κ2) is 15.9. The van der Waals surface area contributed by atoms with Gasteiger partial charge in [-0.15, -0.1) is 0 Å². The number of benzene rings is 6. The van der Waals surface area contributed by atoms with E-state index in [4.69, 9.17) is 9.47 Å². The number of nitrogens with zero attached hydrogens (tertiary/aromatic N) is 1. The molecule has 1 fully saturated rings. The highest BCUT2D eigenvalue weighted by Gasteiger charge is 2.33. The van der Waals surface area contributed by atoms with E-state index < -0.39 is 16.3 Å². The first-order valence-corrected chi connectivity index (χ1v) is 19.2. The van der Waals surface area contributed by atoms with E-state index in [2.05, 4.69) is 72.1 Å². The van der Waals surface area contributed by atoms with Crippen molar-refractivity contribution in [2.45, 2.75) is 55.9 Å². The van der Waals surface area contributed by atoms with Gasteiger partial charge in [0.25, 0.3) is 0 Å². The van der Waals surface area contributed by atoms with Crippen LogP contribution < -0.4 is 4.72 Å². The van der Waals surface area contributed by atoms with Gasteiger partial charge in [0.15, 0.2) is 6.29 Å². The van der Waals surface area contributed by atoms with Crippen molar-refractivity contribution in [2.75, 3.05) is 13.6 Å². The van der Waals surface area contributed by atoms with E-state index in [1.807, 2.05) is 66.7 Å². The van der Waals surface area contributed by atoms with Gasteiger partial charge in [0.05, 0.1) is 23.7 Å². The van der Waals surface area contributed by atoms with E-state index in [0.29, 0.717) is 13.0 Å². The monoisotopic (exact) mass is 712 g/mol. The predicted molar refractivity (Wildman–Crippen MR) is 206 cm³/mol. The summed E-state index contributed by atoms with van der Waals surface area (Å²) in [5.74, 6) is 0. The molecule has 0 spiro atoms. The molecule has 0 radical (unpaired) electrons. The molecule has 1 saturated heterocycles. The van der Waals surface area contributed by atoms with Crippen LogP contribution in [0.5, 0.6) is 0 Å². The summed E-state index contributed by atoms with van der Waals surface area (Å²) in [6, 6.07) is 47.7. The van der Waals surface area contributed by atoms with Gasteiger partial charge in [-0.1, -0.05) is 115 Å². The molecular formula is C44H44N2O5S. The maximum Gasteiger partial charge on any atom is 0.240 e. The third kappa shape index (κ3) is 8.34. The van der Waals surface area contributed by atoms with Crippen molar-refractivity contribution >= 4 is 20.8 Å². The maximum atomic E-state index is 12.8. The molecule has 4 atom stereocenters. The number of ether oxygens (including phenoxy) is 2. The van der Waals surface area contributed by atoms with Crippen LogP contribution in [0.2, 0.25) is 0 Å². The van der Waals surface area contributed by atoms with Crippen molar-refractivity contribution in [3.63, 3.8) is 0 Å². The Balaban J connectivity index is 1.11. The number of hydrogen-bond acceptors (Lipinski definition) is 6. The average Bonchev–Trinajstić information content (AvgIpc) is 3.20. The second-order valence-electron chi connectivity index (χ2n) is 13.5.